The van der Waals surface area contributed by atoms with Crippen molar-refractivity contribution in [2.45, 2.75) is 66.0 Å². The van der Waals surface area contributed by atoms with Crippen molar-refractivity contribution in [1.82, 2.24) is 24.8 Å². The Kier molecular flexibility index (Phi) is 17.1. The molecule has 4 aromatic rings. The van der Waals surface area contributed by atoms with E-state index in [2.05, 4.69) is 50.7 Å². The molecule has 2 aromatic carbocycles. The Bertz CT molecular complexity index is 1390. The zero-order valence-corrected chi connectivity index (χ0v) is 27.3. The molecular weight excluding hydrogens is 593 g/mol. The molecule has 10 heteroatoms. The maximum Gasteiger partial charge on any atom is 0.239 e. The number of anilines is 2. The van der Waals surface area contributed by atoms with Crippen LogP contribution >= 0.6 is 23.2 Å². The van der Waals surface area contributed by atoms with Crippen molar-refractivity contribution in [2.75, 3.05) is 17.2 Å². The number of amides is 1. The average Bonchev–Trinajstić information content (AvgIpc) is 3.61. The van der Waals surface area contributed by atoms with Gasteiger partial charge in [0.1, 0.15) is 18.0 Å². The predicted octanol–water partition coefficient (Wildman–Crippen LogP) is 8.17. The normalized spacial score (nSPS) is 12.2. The highest BCUT2D eigenvalue weighted by Gasteiger charge is 2.10. The minimum absolute atomic E-state index is 0.0315. The molecule has 0 aliphatic heterocycles. The lowest BCUT2D eigenvalue weighted by Gasteiger charge is -2.15. The molecule has 3 N–H and O–H groups in total. The molecule has 5 rings (SSSR count). The van der Waals surface area contributed by atoms with E-state index in [1.165, 1.54) is 32.1 Å². The summed E-state index contributed by atoms with van der Waals surface area (Å²) in [4.78, 5) is 25.5. The van der Waals surface area contributed by atoms with Gasteiger partial charge in [0.15, 0.2) is 0 Å². The first-order valence-electron chi connectivity index (χ1n) is 14.9. The minimum atomic E-state index is -0.206. The molecule has 0 unspecified atom stereocenters. The van der Waals surface area contributed by atoms with E-state index >= 15 is 0 Å². The largest absolute Gasteiger partial charge is 0.361 e. The Hall–Kier alpha value is -4.06. The van der Waals surface area contributed by atoms with Gasteiger partial charge in [0.05, 0.1) is 6.54 Å². The van der Waals surface area contributed by atoms with Gasteiger partial charge in [-0.15, -0.1) is 12.8 Å². The molecule has 0 saturated heterocycles. The molecule has 0 spiro atoms. The van der Waals surface area contributed by atoms with E-state index in [1.807, 2.05) is 44.2 Å². The molecule has 0 atom stereocenters. The molecule has 0 radical (unpaired) electrons. The van der Waals surface area contributed by atoms with E-state index < -0.39 is 0 Å². The van der Waals surface area contributed by atoms with Crippen LogP contribution in [0.25, 0.3) is 5.82 Å². The summed E-state index contributed by atoms with van der Waals surface area (Å²) < 4.78 is 1.77. The maximum atomic E-state index is 12.4. The number of halogens is 2. The van der Waals surface area contributed by atoms with Crippen molar-refractivity contribution in [3.05, 3.63) is 94.5 Å². The third-order valence-corrected chi connectivity index (χ3v) is 7.18. The van der Waals surface area contributed by atoms with Gasteiger partial charge in [-0.25, -0.2) is 4.98 Å². The number of hydrogen-bond donors (Lipinski definition) is 3. The molecule has 8 nitrogen and oxygen atoms in total. The fourth-order valence-corrected chi connectivity index (χ4v) is 4.78. The molecule has 1 saturated carbocycles. The molecule has 1 amide bonds. The molecular formula is C34H43Cl2N7O. The highest BCUT2D eigenvalue weighted by molar-refractivity contribution is 6.35. The summed E-state index contributed by atoms with van der Waals surface area (Å²) in [6, 6.07) is 16.9. The van der Waals surface area contributed by atoms with Gasteiger partial charge in [-0.1, -0.05) is 112 Å². The minimum Gasteiger partial charge on any atom is -0.361 e. The van der Waals surface area contributed by atoms with E-state index in [-0.39, 0.29) is 12.5 Å². The van der Waals surface area contributed by atoms with Crippen LogP contribution in [-0.4, -0.2) is 32.0 Å². The molecule has 1 fully saturated rings. The van der Waals surface area contributed by atoms with Crippen molar-refractivity contribution in [3.8, 4) is 18.7 Å². The second-order valence-electron chi connectivity index (χ2n) is 9.85. The van der Waals surface area contributed by atoms with E-state index in [4.69, 9.17) is 23.2 Å². The van der Waals surface area contributed by atoms with E-state index in [0.29, 0.717) is 40.7 Å². The number of nitrogens with one attached hydrogen (secondary N) is 3. The summed E-state index contributed by atoms with van der Waals surface area (Å²) in [6.07, 6.45) is 20.5. The van der Waals surface area contributed by atoms with Crippen molar-refractivity contribution in [2.24, 2.45) is 5.92 Å². The van der Waals surface area contributed by atoms with Gasteiger partial charge in [0, 0.05) is 41.6 Å². The summed E-state index contributed by atoms with van der Waals surface area (Å²) in [5, 5.41) is 10.2. The first kappa shape index (κ1) is 36.1. The third-order valence-electron chi connectivity index (χ3n) is 6.59. The Labute approximate surface area is 272 Å². The highest BCUT2D eigenvalue weighted by atomic mass is 35.5. The van der Waals surface area contributed by atoms with Crippen molar-refractivity contribution in [3.63, 3.8) is 0 Å². The average molecular weight is 637 g/mol. The lowest BCUT2D eigenvalue weighted by atomic mass is 9.91. The Morgan fingerprint density at radius 1 is 0.955 bits per heavy atom. The van der Waals surface area contributed by atoms with Crippen LogP contribution < -0.4 is 16.0 Å². The van der Waals surface area contributed by atoms with Crippen LogP contribution in [0.1, 0.15) is 64.0 Å². The van der Waals surface area contributed by atoms with Crippen LogP contribution in [0.15, 0.2) is 73.3 Å². The number of aromatic nitrogens is 4. The van der Waals surface area contributed by atoms with Gasteiger partial charge >= 0.3 is 0 Å². The lowest BCUT2D eigenvalue weighted by molar-refractivity contribution is -0.119. The SMILES string of the molecule is C#C.CC.CC1CCCCC1.O=C(CNc1cc(-n2ccnc2)nc(NCc2ccccc2)n1)NCc1ccc(Cl)cc1Cl. The number of carbonyl (C=O) groups is 1. The van der Waals surface area contributed by atoms with Crippen LogP contribution in [0.3, 0.4) is 0 Å². The van der Waals surface area contributed by atoms with Gasteiger partial charge in [-0.05, 0) is 29.2 Å². The van der Waals surface area contributed by atoms with E-state index in [9.17, 15) is 4.79 Å². The standard InChI is InChI=1S/C23H21Cl2N7O.C7H14.C2H6.C2H2/c24-18-7-6-17(19(25)10-18)13-28-22(33)14-27-20-11-21(32-9-8-26-15-32)31-23(30-20)29-12-16-4-2-1-3-5-16;1-7-5-3-2-4-6-7;2*1-2/h1-11,15H,12-14H2,(H,28,33)(H2,27,29,30,31);7H,2-6H2,1H3;1-2H3;1-2H. The van der Waals surface area contributed by atoms with E-state index in [0.717, 1.165) is 17.0 Å². The van der Waals surface area contributed by atoms with Gasteiger partial charge in [-0.2, -0.15) is 9.97 Å². The number of rotatable bonds is 9. The first-order chi connectivity index (χ1) is 21.5. The summed E-state index contributed by atoms with van der Waals surface area (Å²) >= 11 is 12.1. The molecule has 234 valence electrons. The fourth-order valence-electron chi connectivity index (χ4n) is 4.31. The molecule has 1 aliphatic carbocycles. The van der Waals surface area contributed by atoms with Gasteiger partial charge in [0.2, 0.25) is 11.9 Å². The zero-order chi connectivity index (χ0) is 32.2. The summed E-state index contributed by atoms with van der Waals surface area (Å²) in [7, 11) is 0. The second-order valence-corrected chi connectivity index (χ2v) is 10.7. The third kappa shape index (κ3) is 13.1. The van der Waals surface area contributed by atoms with Crippen molar-refractivity contribution < 1.29 is 4.79 Å². The number of nitrogens with zero attached hydrogens (tertiary/aromatic N) is 4. The first-order valence-corrected chi connectivity index (χ1v) is 15.6. The van der Waals surface area contributed by atoms with E-state index in [1.54, 1.807) is 47.6 Å². The monoisotopic (exact) mass is 635 g/mol. The van der Waals surface area contributed by atoms with Crippen LogP contribution in [-0.2, 0) is 17.9 Å². The topological polar surface area (TPSA) is 96.8 Å². The maximum absolute atomic E-state index is 12.4. The van der Waals surface area contributed by atoms with Crippen LogP contribution in [0.5, 0.6) is 0 Å². The van der Waals surface area contributed by atoms with Crippen LogP contribution in [0.2, 0.25) is 10.0 Å². The van der Waals surface area contributed by atoms with Gasteiger partial charge in [-0.3, -0.25) is 9.36 Å². The summed E-state index contributed by atoms with van der Waals surface area (Å²) in [5.41, 5.74) is 1.88. The molecule has 44 heavy (non-hydrogen) atoms. The van der Waals surface area contributed by atoms with Crippen molar-refractivity contribution >= 4 is 40.9 Å². The van der Waals surface area contributed by atoms with Crippen LogP contribution in [0.4, 0.5) is 11.8 Å². The lowest BCUT2D eigenvalue weighted by Crippen LogP contribution is -2.29. The summed E-state index contributed by atoms with van der Waals surface area (Å²) in [6.45, 7) is 7.25. The van der Waals surface area contributed by atoms with Gasteiger partial charge in [0.25, 0.3) is 0 Å². The molecule has 2 heterocycles. The Balaban J connectivity index is 0.000000526. The fraction of sp³-hybridized carbons (Fsp3) is 0.353. The number of carbonyl (C=O) groups excluding carboxylic acids is 1. The highest BCUT2D eigenvalue weighted by Crippen LogP contribution is 2.22. The second kappa shape index (κ2) is 20.8. The smallest absolute Gasteiger partial charge is 0.239 e. The molecule has 0 bridgehead atoms. The number of terminal acetylenes is 1. The summed E-state index contributed by atoms with van der Waals surface area (Å²) in [5.74, 6) is 2.38. The zero-order valence-electron chi connectivity index (χ0n) is 25.8. The molecule has 1 aliphatic rings. The predicted molar refractivity (Wildman–Crippen MR) is 183 cm³/mol. The molecule has 2 aromatic heterocycles. The Morgan fingerprint density at radius 2 is 1.68 bits per heavy atom. The van der Waals surface area contributed by atoms with Crippen molar-refractivity contribution in [1.29, 1.82) is 0 Å². The quantitative estimate of drug-likeness (QED) is 0.160. The van der Waals surface area contributed by atoms with Gasteiger partial charge < -0.3 is 16.0 Å². The van der Waals surface area contributed by atoms with Crippen LogP contribution in [0, 0.1) is 18.8 Å². The number of benzene rings is 2. The number of hydrogen-bond acceptors (Lipinski definition) is 6. The Morgan fingerprint density at radius 3 is 2.30 bits per heavy atom. The number of imidazole rings is 1.